The number of aromatic nitrogens is 1. The van der Waals surface area contributed by atoms with E-state index in [0.29, 0.717) is 6.61 Å². The van der Waals surface area contributed by atoms with Crippen LogP contribution in [0.1, 0.15) is 6.92 Å². The van der Waals surface area contributed by atoms with Gasteiger partial charge in [0.1, 0.15) is 0 Å². The van der Waals surface area contributed by atoms with Crippen LogP contribution in [0.3, 0.4) is 0 Å². The van der Waals surface area contributed by atoms with Crippen LogP contribution in [0.25, 0.3) is 0 Å². The van der Waals surface area contributed by atoms with Gasteiger partial charge in [-0.15, -0.1) is 0 Å². The van der Waals surface area contributed by atoms with Crippen LogP contribution in [-0.2, 0) is 9.53 Å². The van der Waals surface area contributed by atoms with E-state index in [9.17, 15) is 9.90 Å². The van der Waals surface area contributed by atoms with Crippen molar-refractivity contribution < 1.29 is 14.6 Å². The van der Waals surface area contributed by atoms with E-state index in [1.807, 2.05) is 0 Å². The van der Waals surface area contributed by atoms with Crippen LogP contribution in [0.15, 0.2) is 18.3 Å². The first-order chi connectivity index (χ1) is 8.04. The molecule has 2 rings (SSSR count). The van der Waals surface area contributed by atoms with Gasteiger partial charge in [-0.1, -0.05) is 0 Å². The minimum atomic E-state index is -0.788. The fourth-order valence-corrected chi connectivity index (χ4v) is 1.67. The predicted molar refractivity (Wildman–Crippen MR) is 61.4 cm³/mol. The molecule has 2 heterocycles. The summed E-state index contributed by atoms with van der Waals surface area (Å²) in [6.07, 6.45) is 1.49. The largest absolute Gasteiger partial charge is 0.504 e. The number of carbonyl (C=O) groups excluding carboxylic acids is 1. The highest BCUT2D eigenvalue weighted by atomic mass is 16.5. The first kappa shape index (κ1) is 11.8. The second-order valence-electron chi connectivity index (χ2n) is 4.36. The van der Waals surface area contributed by atoms with Gasteiger partial charge in [-0.25, -0.2) is 4.98 Å². The summed E-state index contributed by atoms with van der Waals surface area (Å²) in [6, 6.07) is 2.68. The zero-order valence-electron chi connectivity index (χ0n) is 9.51. The van der Waals surface area contributed by atoms with E-state index in [1.54, 1.807) is 13.0 Å². The lowest BCUT2D eigenvalue weighted by Gasteiger charge is -2.25. The molecule has 0 saturated carbocycles. The second kappa shape index (κ2) is 4.31. The van der Waals surface area contributed by atoms with E-state index in [2.05, 4.69) is 10.3 Å². The molecule has 2 unspecified atom stereocenters. The van der Waals surface area contributed by atoms with Gasteiger partial charge in [0.25, 0.3) is 0 Å². The van der Waals surface area contributed by atoms with Crippen LogP contribution in [-0.4, -0.2) is 35.3 Å². The van der Waals surface area contributed by atoms with Crippen LogP contribution in [0.5, 0.6) is 5.75 Å². The molecule has 0 bridgehead atoms. The van der Waals surface area contributed by atoms with Crippen molar-refractivity contribution in [3.8, 4) is 5.75 Å². The number of ether oxygens (including phenoxy) is 1. The summed E-state index contributed by atoms with van der Waals surface area (Å²) in [5.41, 5.74) is 5.05. The summed E-state index contributed by atoms with van der Waals surface area (Å²) in [4.78, 5) is 16.0. The molecule has 1 aromatic heterocycles. The lowest BCUT2D eigenvalue weighted by atomic mass is 9.85. The van der Waals surface area contributed by atoms with Gasteiger partial charge in [0.05, 0.1) is 18.6 Å². The van der Waals surface area contributed by atoms with Crippen LogP contribution in [0.4, 0.5) is 5.82 Å². The fourth-order valence-electron chi connectivity index (χ4n) is 1.67. The molecule has 2 atom stereocenters. The number of carbonyl (C=O) groups is 1. The number of pyridine rings is 1. The zero-order chi connectivity index (χ0) is 12.5. The number of nitrogens with zero attached hydrogens (tertiary/aromatic N) is 1. The molecule has 17 heavy (non-hydrogen) atoms. The van der Waals surface area contributed by atoms with Crippen LogP contribution >= 0.6 is 0 Å². The van der Waals surface area contributed by atoms with E-state index in [-0.39, 0.29) is 30.1 Å². The van der Waals surface area contributed by atoms with Crippen molar-refractivity contribution in [3.63, 3.8) is 0 Å². The molecule has 0 aliphatic carbocycles. The smallest absolute Gasteiger partial charge is 0.235 e. The van der Waals surface area contributed by atoms with E-state index in [4.69, 9.17) is 10.5 Å². The van der Waals surface area contributed by atoms with Gasteiger partial charge in [0.15, 0.2) is 11.6 Å². The zero-order valence-corrected chi connectivity index (χ0v) is 9.51. The van der Waals surface area contributed by atoms with E-state index >= 15 is 0 Å². The van der Waals surface area contributed by atoms with Gasteiger partial charge < -0.3 is 20.9 Å². The Bertz CT molecular complexity index is 438. The molecule has 1 aliphatic heterocycles. The number of hydrogen-bond acceptors (Lipinski definition) is 5. The maximum Gasteiger partial charge on any atom is 0.235 e. The SMILES string of the molecule is CC1(C(=O)Nc2ncccc2O)COCC1N. The highest BCUT2D eigenvalue weighted by Crippen LogP contribution is 2.29. The number of anilines is 1. The van der Waals surface area contributed by atoms with Gasteiger partial charge in [-0.05, 0) is 19.1 Å². The molecule has 1 aromatic rings. The average molecular weight is 237 g/mol. The molecule has 92 valence electrons. The molecule has 1 aliphatic rings. The third-order valence-corrected chi connectivity index (χ3v) is 3.05. The molecule has 0 spiro atoms. The van der Waals surface area contributed by atoms with E-state index in [0.717, 1.165) is 0 Å². The Balaban J connectivity index is 2.15. The molecule has 1 fully saturated rings. The number of rotatable bonds is 2. The van der Waals surface area contributed by atoms with Gasteiger partial charge in [-0.2, -0.15) is 0 Å². The van der Waals surface area contributed by atoms with Gasteiger partial charge in [0, 0.05) is 12.2 Å². The lowest BCUT2D eigenvalue weighted by molar-refractivity contribution is -0.125. The third-order valence-electron chi connectivity index (χ3n) is 3.05. The lowest BCUT2D eigenvalue weighted by Crippen LogP contribution is -2.47. The highest BCUT2D eigenvalue weighted by molar-refractivity contribution is 5.96. The van der Waals surface area contributed by atoms with Crippen LogP contribution in [0, 0.1) is 5.41 Å². The minimum absolute atomic E-state index is 0.0723. The second-order valence-corrected chi connectivity index (χ2v) is 4.36. The van der Waals surface area contributed by atoms with E-state index in [1.165, 1.54) is 12.3 Å². The summed E-state index contributed by atoms with van der Waals surface area (Å²) in [5.74, 6) is -0.230. The monoisotopic (exact) mass is 237 g/mol. The Kier molecular flexibility index (Phi) is 2.99. The molecular formula is C11H15N3O3. The highest BCUT2D eigenvalue weighted by Gasteiger charge is 2.44. The Morgan fingerprint density at radius 3 is 3.12 bits per heavy atom. The summed E-state index contributed by atoms with van der Waals surface area (Å²) in [5, 5.41) is 12.1. The molecule has 6 heteroatoms. The van der Waals surface area contributed by atoms with Gasteiger partial charge in [-0.3, -0.25) is 4.79 Å². The minimum Gasteiger partial charge on any atom is -0.504 e. The topological polar surface area (TPSA) is 97.5 Å². The molecule has 0 aromatic carbocycles. The van der Waals surface area contributed by atoms with Gasteiger partial charge >= 0.3 is 0 Å². The van der Waals surface area contributed by atoms with Crippen molar-refractivity contribution in [3.05, 3.63) is 18.3 Å². The molecule has 0 radical (unpaired) electrons. The summed E-state index contributed by atoms with van der Waals surface area (Å²) in [7, 11) is 0. The van der Waals surface area contributed by atoms with Crippen molar-refractivity contribution in [1.82, 2.24) is 4.98 Å². The molecule has 1 saturated heterocycles. The van der Waals surface area contributed by atoms with Gasteiger partial charge in [0.2, 0.25) is 5.91 Å². The molecule has 1 amide bonds. The first-order valence-corrected chi connectivity index (χ1v) is 5.33. The van der Waals surface area contributed by atoms with Crippen LogP contribution < -0.4 is 11.1 Å². The first-order valence-electron chi connectivity index (χ1n) is 5.33. The normalized spacial score (nSPS) is 28.0. The number of nitrogens with two attached hydrogens (primary N) is 1. The number of nitrogens with one attached hydrogen (secondary N) is 1. The Labute approximate surface area is 98.8 Å². The standard InChI is InChI=1S/C11H15N3O3/c1-11(6-17-5-8(11)12)10(16)14-9-7(15)3-2-4-13-9/h2-4,8,15H,5-6,12H2,1H3,(H,13,14,16). The van der Waals surface area contributed by atoms with Crippen molar-refractivity contribution in [2.45, 2.75) is 13.0 Å². The van der Waals surface area contributed by atoms with Crippen molar-refractivity contribution in [1.29, 1.82) is 0 Å². The number of aromatic hydroxyl groups is 1. The van der Waals surface area contributed by atoms with Crippen molar-refractivity contribution in [2.75, 3.05) is 18.5 Å². The fraction of sp³-hybridized carbons (Fsp3) is 0.455. The summed E-state index contributed by atoms with van der Waals surface area (Å²) in [6.45, 7) is 2.37. The molecular weight excluding hydrogens is 222 g/mol. The van der Waals surface area contributed by atoms with Crippen molar-refractivity contribution >= 4 is 11.7 Å². The third kappa shape index (κ3) is 2.09. The quantitative estimate of drug-likeness (QED) is 0.677. The Hall–Kier alpha value is -1.66. The Morgan fingerprint density at radius 1 is 1.76 bits per heavy atom. The summed E-state index contributed by atoms with van der Waals surface area (Å²) < 4.78 is 5.19. The average Bonchev–Trinajstić information content (AvgIpc) is 2.64. The molecule has 6 nitrogen and oxygen atoms in total. The predicted octanol–water partition coefficient (Wildman–Crippen LogP) is 0.0895. The van der Waals surface area contributed by atoms with Crippen LogP contribution in [0.2, 0.25) is 0 Å². The summed E-state index contributed by atoms with van der Waals surface area (Å²) >= 11 is 0. The number of amides is 1. The van der Waals surface area contributed by atoms with Crippen molar-refractivity contribution in [2.24, 2.45) is 11.1 Å². The maximum absolute atomic E-state index is 12.1. The maximum atomic E-state index is 12.1. The Morgan fingerprint density at radius 2 is 2.53 bits per heavy atom. The molecule has 4 N–H and O–H groups in total. The van der Waals surface area contributed by atoms with E-state index < -0.39 is 5.41 Å². The number of hydrogen-bond donors (Lipinski definition) is 3.